The number of fused-ring (bicyclic) bond motifs is 3. The molecule has 8 rings (SSSR count). The SMILES string of the molecule is CC1=Cc2c(-c3cc(C)cc(C)c3)cc(-c3cc(C)cc(C)c3)cc2[CH]1[Zr]([Cl])([Cl])([CH]1C(C(C)C)=Cc2c(-c3cccc4ccccc34)cccc21)[SiH](C)C. The number of allylic oxidation sites excluding steroid dienone is 2. The molecule has 2 unspecified atom stereocenters. The Hall–Kier alpha value is -3.26. The van der Waals surface area contributed by atoms with Gasteiger partial charge >= 0.3 is 334 Å². The van der Waals surface area contributed by atoms with Gasteiger partial charge in [0.25, 0.3) is 0 Å². The summed E-state index contributed by atoms with van der Waals surface area (Å²) in [4.78, 5) is 0. The quantitative estimate of drug-likeness (QED) is 0.141. The molecular weight excluding hydrogens is 791 g/mol. The summed E-state index contributed by atoms with van der Waals surface area (Å²) in [6.45, 7) is 20.7. The molecule has 0 heterocycles. The molecule has 0 saturated carbocycles. The number of rotatable bonds is 7. The van der Waals surface area contributed by atoms with E-state index in [1.807, 2.05) is 0 Å². The van der Waals surface area contributed by atoms with Crippen LogP contribution >= 0.6 is 17.0 Å². The van der Waals surface area contributed by atoms with Crippen LogP contribution in [0, 0.1) is 33.6 Å². The van der Waals surface area contributed by atoms with Gasteiger partial charge in [-0.1, -0.05) is 0 Å². The molecule has 0 saturated heterocycles. The number of hydrogen-bond donors (Lipinski definition) is 0. The van der Waals surface area contributed by atoms with Gasteiger partial charge in [-0.3, -0.25) is 0 Å². The molecule has 54 heavy (non-hydrogen) atoms. The Kier molecular flexibility index (Phi) is 9.58. The minimum atomic E-state index is -5.02. The molecule has 273 valence electrons. The van der Waals surface area contributed by atoms with E-state index in [-0.39, 0.29) is 7.25 Å². The van der Waals surface area contributed by atoms with Gasteiger partial charge in [-0.25, -0.2) is 0 Å². The molecule has 6 aromatic carbocycles. The van der Waals surface area contributed by atoms with Crippen LogP contribution in [0.5, 0.6) is 0 Å². The third-order valence-electron chi connectivity index (χ3n) is 12.5. The molecule has 0 aromatic heterocycles. The summed E-state index contributed by atoms with van der Waals surface area (Å²) < 4.78 is 0.0338. The molecular formula is C50H51Cl2SiZr. The zero-order valence-corrected chi connectivity index (χ0v) is 38.2. The zero-order chi connectivity index (χ0) is 38.3. The Bertz CT molecular complexity index is 2530. The normalized spacial score (nSPS) is 17.4. The maximum atomic E-state index is 8.88. The molecule has 2 aliphatic rings. The summed E-state index contributed by atoms with van der Waals surface area (Å²) in [5, 5.41) is 2.53. The van der Waals surface area contributed by atoms with E-state index in [1.165, 1.54) is 99.8 Å². The van der Waals surface area contributed by atoms with Crippen LogP contribution in [0.2, 0.25) is 13.1 Å². The fourth-order valence-electron chi connectivity index (χ4n) is 10.1. The third kappa shape index (κ3) is 6.03. The van der Waals surface area contributed by atoms with Crippen molar-refractivity contribution in [1.29, 1.82) is 0 Å². The number of halogens is 2. The van der Waals surface area contributed by atoms with Crippen molar-refractivity contribution in [3.8, 4) is 33.4 Å². The monoisotopic (exact) mass is 839 g/mol. The summed E-state index contributed by atoms with van der Waals surface area (Å²) >= 11 is -5.02. The average Bonchev–Trinajstić information content (AvgIpc) is 3.69. The minimum absolute atomic E-state index is 0.00580. The van der Waals surface area contributed by atoms with Crippen molar-refractivity contribution >= 4 is 45.9 Å². The first kappa shape index (κ1) is 37.7. The van der Waals surface area contributed by atoms with Crippen LogP contribution in [0.4, 0.5) is 0 Å². The standard InChI is InChI=1S/C26H25.C22H19.C2H7Si.2ClH.Zr/c1-16-6-17(2)9-21(8-16)22-14-24-12-20(5)13-25(24)26(15-22)23-10-18(3)7-19(4)11-23;1-15(2)18-13-17-9-6-12-21(22(17)14-18)20-11-5-8-16-7-3-4-10-19(16)20;1-3-2;;;/h6-15H,1-5H3;3-15H,1-2H3;3H,1-2H3;2*1H;/q;;;;;+2/p-2. The van der Waals surface area contributed by atoms with Gasteiger partial charge < -0.3 is 0 Å². The Morgan fingerprint density at radius 1 is 0.537 bits per heavy atom. The van der Waals surface area contributed by atoms with E-state index in [0.29, 0.717) is 5.92 Å². The molecule has 0 aliphatic heterocycles. The molecule has 0 N–H and O–H groups in total. The van der Waals surface area contributed by atoms with Crippen LogP contribution in [-0.4, -0.2) is 5.92 Å². The number of hydrogen-bond acceptors (Lipinski definition) is 0. The Balaban J connectivity index is 1.40. The van der Waals surface area contributed by atoms with Crippen LogP contribution in [0.3, 0.4) is 0 Å². The van der Waals surface area contributed by atoms with Gasteiger partial charge in [0.1, 0.15) is 0 Å². The van der Waals surface area contributed by atoms with E-state index < -0.39 is 21.5 Å². The first-order chi connectivity index (χ1) is 25.6. The first-order valence-electron chi connectivity index (χ1n) is 19.6. The molecule has 0 nitrogen and oxygen atoms in total. The number of aryl methyl sites for hydroxylation is 4. The predicted octanol–water partition coefficient (Wildman–Crippen LogP) is 15.3. The van der Waals surface area contributed by atoms with E-state index in [2.05, 4.69) is 183 Å². The molecule has 4 heteroatoms. The van der Waals surface area contributed by atoms with Crippen LogP contribution in [0.25, 0.3) is 56.3 Å². The van der Waals surface area contributed by atoms with E-state index in [0.717, 1.165) is 0 Å². The summed E-state index contributed by atoms with van der Waals surface area (Å²) in [7, 11) is 17.8. The molecule has 0 fully saturated rings. The van der Waals surface area contributed by atoms with Crippen molar-refractivity contribution in [2.45, 2.75) is 68.8 Å². The van der Waals surface area contributed by atoms with Gasteiger partial charge in [-0.2, -0.15) is 0 Å². The van der Waals surface area contributed by atoms with Gasteiger partial charge in [0.05, 0.1) is 0 Å². The summed E-state index contributed by atoms with van der Waals surface area (Å²) in [5.41, 5.74) is 20.7. The Labute approximate surface area is 331 Å². The van der Waals surface area contributed by atoms with Gasteiger partial charge in [0.2, 0.25) is 0 Å². The molecule has 2 aliphatic carbocycles. The van der Waals surface area contributed by atoms with Crippen molar-refractivity contribution in [2.75, 3.05) is 0 Å². The van der Waals surface area contributed by atoms with Crippen molar-refractivity contribution in [3.05, 3.63) is 165 Å². The topological polar surface area (TPSA) is 0 Å². The van der Waals surface area contributed by atoms with Crippen molar-refractivity contribution < 1.29 is 15.6 Å². The Morgan fingerprint density at radius 3 is 1.74 bits per heavy atom. The number of benzene rings is 6. The second-order valence-electron chi connectivity index (χ2n) is 17.0. The fourth-order valence-corrected chi connectivity index (χ4v) is 42.3. The molecule has 0 amide bonds. The van der Waals surface area contributed by atoms with Gasteiger partial charge in [0.15, 0.2) is 0 Å². The van der Waals surface area contributed by atoms with E-state index in [1.54, 1.807) is 0 Å². The molecule has 0 radical (unpaired) electrons. The average molecular weight is 842 g/mol. The molecule has 0 bridgehead atoms. The predicted molar refractivity (Wildman–Crippen MR) is 238 cm³/mol. The molecule has 2 atom stereocenters. The summed E-state index contributed by atoms with van der Waals surface area (Å²) in [6.07, 6.45) is 4.95. The van der Waals surface area contributed by atoms with Gasteiger partial charge in [-0.15, -0.1) is 0 Å². The van der Waals surface area contributed by atoms with Crippen LogP contribution in [0.15, 0.2) is 120 Å². The molecule has 0 spiro atoms. The third-order valence-corrected chi connectivity index (χ3v) is 64.5. The summed E-state index contributed by atoms with van der Waals surface area (Å²) in [5.74, 6) is -1.44. The van der Waals surface area contributed by atoms with Gasteiger partial charge in [0, 0.05) is 0 Å². The first-order valence-corrected chi connectivity index (χ1v) is 35.9. The van der Waals surface area contributed by atoms with E-state index >= 15 is 0 Å². The second kappa shape index (κ2) is 13.7. The van der Waals surface area contributed by atoms with Crippen LogP contribution in [0.1, 0.15) is 72.5 Å². The summed E-state index contributed by atoms with van der Waals surface area (Å²) in [6, 6.07) is 41.1. The second-order valence-corrected chi connectivity index (χ2v) is 59.6. The van der Waals surface area contributed by atoms with Crippen molar-refractivity contribution in [1.82, 2.24) is 0 Å². The maximum absolute atomic E-state index is 8.88. The Morgan fingerprint density at radius 2 is 1.09 bits per heavy atom. The van der Waals surface area contributed by atoms with Crippen LogP contribution < -0.4 is 0 Å². The van der Waals surface area contributed by atoms with Crippen molar-refractivity contribution in [3.63, 3.8) is 0 Å². The molecule has 6 aromatic rings. The zero-order valence-electron chi connectivity index (χ0n) is 33.1. The van der Waals surface area contributed by atoms with Crippen LogP contribution in [-0.2, 0) is 15.6 Å². The van der Waals surface area contributed by atoms with E-state index in [4.69, 9.17) is 17.0 Å². The fraction of sp³-hybridized carbons (Fsp3) is 0.240. The van der Waals surface area contributed by atoms with Crippen molar-refractivity contribution in [2.24, 2.45) is 5.92 Å². The van der Waals surface area contributed by atoms with E-state index in [9.17, 15) is 0 Å². The van der Waals surface area contributed by atoms with Gasteiger partial charge in [-0.05, 0) is 0 Å².